The van der Waals surface area contributed by atoms with Crippen LogP contribution in [-0.2, 0) is 25.2 Å². The molecule has 22 heavy (non-hydrogen) atoms. The largest absolute Gasteiger partial charge is 0.507 e. The molecule has 5 heteroatoms. The molecule has 1 aromatic carbocycles. The maximum atomic E-state index is 12.8. The molecule has 4 nitrogen and oxygen atoms in total. The van der Waals surface area contributed by atoms with Gasteiger partial charge in [-0.25, -0.2) is 0 Å². The van der Waals surface area contributed by atoms with Crippen LogP contribution >= 0.6 is 7.60 Å². The van der Waals surface area contributed by atoms with Gasteiger partial charge < -0.3 is 14.2 Å². The Hall–Kier alpha value is -0.830. The Morgan fingerprint density at radius 1 is 1.14 bits per heavy atom. The molecular weight excluding hydrogens is 299 g/mol. The number of hydrogen-bond acceptors (Lipinski definition) is 4. The molecule has 0 heterocycles. The van der Waals surface area contributed by atoms with Crippen LogP contribution in [0.15, 0.2) is 6.07 Å². The summed E-state index contributed by atoms with van der Waals surface area (Å²) in [5.41, 5.74) is 3.34. The minimum atomic E-state index is -3.18. The van der Waals surface area contributed by atoms with Gasteiger partial charge in [0.25, 0.3) is 0 Å². The highest BCUT2D eigenvalue weighted by Gasteiger charge is 2.29. The van der Waals surface area contributed by atoms with E-state index in [0.717, 1.165) is 22.3 Å². The van der Waals surface area contributed by atoms with Crippen LogP contribution in [0, 0.1) is 13.8 Å². The Kier molecular flexibility index (Phi) is 6.26. The van der Waals surface area contributed by atoms with Crippen LogP contribution in [0.5, 0.6) is 5.75 Å². The number of hydrogen-bond donors (Lipinski definition) is 1. The zero-order chi connectivity index (χ0) is 17.1. The van der Waals surface area contributed by atoms with Gasteiger partial charge >= 0.3 is 7.60 Å². The van der Waals surface area contributed by atoms with E-state index in [9.17, 15) is 9.67 Å². The SMILES string of the molecule is CCOP(=O)(Cc1c(C)cc(C(C)(C)C)c(O)c1C)OCC. The van der Waals surface area contributed by atoms with Gasteiger partial charge in [0.05, 0.1) is 19.4 Å². The van der Waals surface area contributed by atoms with Crippen molar-refractivity contribution in [3.8, 4) is 5.75 Å². The molecule has 0 aliphatic carbocycles. The van der Waals surface area contributed by atoms with Crippen molar-refractivity contribution < 1.29 is 18.7 Å². The molecule has 0 saturated heterocycles. The van der Waals surface area contributed by atoms with E-state index in [2.05, 4.69) is 20.8 Å². The molecule has 0 aromatic heterocycles. The Morgan fingerprint density at radius 2 is 1.64 bits per heavy atom. The zero-order valence-corrected chi connectivity index (χ0v) is 15.7. The average Bonchev–Trinajstić information content (AvgIpc) is 2.38. The van der Waals surface area contributed by atoms with Crippen LogP contribution in [0.1, 0.15) is 56.9 Å². The Balaban J connectivity index is 3.32. The third-order valence-corrected chi connectivity index (χ3v) is 5.72. The molecule has 0 amide bonds. The fourth-order valence-electron chi connectivity index (χ4n) is 2.54. The van der Waals surface area contributed by atoms with Gasteiger partial charge in [-0.1, -0.05) is 26.8 Å². The fraction of sp³-hybridized carbons (Fsp3) is 0.647. The molecule has 0 saturated carbocycles. The van der Waals surface area contributed by atoms with Crippen LogP contribution in [0.2, 0.25) is 0 Å². The molecule has 0 spiro atoms. The van der Waals surface area contributed by atoms with Gasteiger partial charge in [0, 0.05) is 0 Å². The monoisotopic (exact) mass is 328 g/mol. The lowest BCUT2D eigenvalue weighted by Gasteiger charge is -2.25. The second-order valence-electron chi connectivity index (χ2n) is 6.55. The highest BCUT2D eigenvalue weighted by atomic mass is 31.2. The second-order valence-corrected chi connectivity index (χ2v) is 8.60. The van der Waals surface area contributed by atoms with Crippen LogP contribution in [-0.4, -0.2) is 18.3 Å². The van der Waals surface area contributed by atoms with Gasteiger partial charge in [0.15, 0.2) is 0 Å². The highest BCUT2D eigenvalue weighted by molar-refractivity contribution is 7.53. The summed E-state index contributed by atoms with van der Waals surface area (Å²) in [6.45, 7) is 14.3. The van der Waals surface area contributed by atoms with Crippen LogP contribution in [0.25, 0.3) is 0 Å². The van der Waals surface area contributed by atoms with Gasteiger partial charge in [0.1, 0.15) is 5.75 Å². The molecule has 0 atom stereocenters. The highest BCUT2D eigenvalue weighted by Crippen LogP contribution is 2.53. The third-order valence-electron chi connectivity index (χ3n) is 3.71. The van der Waals surface area contributed by atoms with E-state index in [4.69, 9.17) is 9.05 Å². The van der Waals surface area contributed by atoms with Crippen molar-refractivity contribution in [2.75, 3.05) is 13.2 Å². The van der Waals surface area contributed by atoms with Crippen molar-refractivity contribution >= 4 is 7.60 Å². The van der Waals surface area contributed by atoms with Crippen LogP contribution in [0.3, 0.4) is 0 Å². The number of aryl methyl sites for hydroxylation is 1. The van der Waals surface area contributed by atoms with E-state index in [0.29, 0.717) is 13.2 Å². The summed E-state index contributed by atoms with van der Waals surface area (Å²) < 4.78 is 23.5. The molecule has 0 aliphatic heterocycles. The summed E-state index contributed by atoms with van der Waals surface area (Å²) in [6.07, 6.45) is 0.185. The summed E-state index contributed by atoms with van der Waals surface area (Å²) in [7, 11) is -3.18. The minimum Gasteiger partial charge on any atom is -0.507 e. The van der Waals surface area contributed by atoms with Crippen molar-refractivity contribution in [2.45, 2.75) is 60.0 Å². The Labute approximate surface area is 134 Å². The van der Waals surface area contributed by atoms with Crippen LogP contribution in [0.4, 0.5) is 0 Å². The van der Waals surface area contributed by atoms with Crippen molar-refractivity contribution in [3.63, 3.8) is 0 Å². The standard InChI is InChI=1S/C17H29O4P/c1-8-20-22(19,21-9-2)11-14-12(3)10-15(17(5,6)7)16(18)13(14)4/h10,18H,8-9,11H2,1-7H3. The van der Waals surface area contributed by atoms with E-state index in [1.807, 2.05) is 19.9 Å². The van der Waals surface area contributed by atoms with Gasteiger partial charge in [-0.3, -0.25) is 4.57 Å². The van der Waals surface area contributed by atoms with Gasteiger partial charge in [-0.05, 0) is 55.4 Å². The first-order chi connectivity index (χ1) is 10.1. The molecule has 0 fully saturated rings. The summed E-state index contributed by atoms with van der Waals surface area (Å²) in [4.78, 5) is 0. The smallest absolute Gasteiger partial charge is 0.335 e. The molecule has 0 aliphatic rings. The maximum Gasteiger partial charge on any atom is 0.335 e. The maximum absolute atomic E-state index is 12.8. The fourth-order valence-corrected chi connectivity index (χ4v) is 4.46. The van der Waals surface area contributed by atoms with E-state index in [-0.39, 0.29) is 17.3 Å². The number of benzene rings is 1. The molecule has 0 radical (unpaired) electrons. The Bertz CT molecular complexity index is 563. The lowest BCUT2D eigenvalue weighted by atomic mass is 9.83. The Morgan fingerprint density at radius 3 is 2.05 bits per heavy atom. The minimum absolute atomic E-state index is 0.151. The number of rotatable bonds is 6. The number of phenolic OH excluding ortho intramolecular Hbond substituents is 1. The topological polar surface area (TPSA) is 55.8 Å². The molecule has 0 bridgehead atoms. The molecule has 1 N–H and O–H groups in total. The second kappa shape index (κ2) is 7.16. The summed E-state index contributed by atoms with van der Waals surface area (Å²) in [6, 6.07) is 1.97. The summed E-state index contributed by atoms with van der Waals surface area (Å²) in [5, 5.41) is 10.5. The van der Waals surface area contributed by atoms with Gasteiger partial charge in [-0.2, -0.15) is 0 Å². The number of aromatic hydroxyl groups is 1. The molecule has 126 valence electrons. The predicted octanol–water partition coefficient (Wildman–Crippen LogP) is 5.07. The van der Waals surface area contributed by atoms with Crippen molar-refractivity contribution in [1.82, 2.24) is 0 Å². The first-order valence-corrected chi connectivity index (χ1v) is 9.49. The first kappa shape index (κ1) is 19.2. The molecule has 1 aromatic rings. The summed E-state index contributed by atoms with van der Waals surface area (Å²) >= 11 is 0. The average molecular weight is 328 g/mol. The lowest BCUT2D eigenvalue weighted by molar-refractivity contribution is 0.219. The molecular formula is C17H29O4P. The van der Waals surface area contributed by atoms with E-state index >= 15 is 0 Å². The van der Waals surface area contributed by atoms with Gasteiger partial charge in [0.2, 0.25) is 0 Å². The lowest BCUT2D eigenvalue weighted by Crippen LogP contribution is -2.13. The van der Waals surface area contributed by atoms with Gasteiger partial charge in [-0.15, -0.1) is 0 Å². The number of phenols is 1. The normalized spacial score (nSPS) is 12.7. The van der Waals surface area contributed by atoms with Crippen LogP contribution < -0.4 is 0 Å². The quantitative estimate of drug-likeness (QED) is 0.741. The molecule has 0 unspecified atom stereocenters. The van der Waals surface area contributed by atoms with E-state index in [1.54, 1.807) is 13.8 Å². The van der Waals surface area contributed by atoms with E-state index in [1.165, 1.54) is 0 Å². The summed E-state index contributed by atoms with van der Waals surface area (Å²) in [5.74, 6) is 0.271. The van der Waals surface area contributed by atoms with Crippen molar-refractivity contribution in [3.05, 3.63) is 28.3 Å². The molecule has 1 rings (SSSR count). The zero-order valence-electron chi connectivity index (χ0n) is 14.8. The van der Waals surface area contributed by atoms with E-state index < -0.39 is 7.60 Å². The van der Waals surface area contributed by atoms with Crippen molar-refractivity contribution in [2.24, 2.45) is 0 Å². The first-order valence-electron chi connectivity index (χ1n) is 7.76. The van der Waals surface area contributed by atoms with Crippen molar-refractivity contribution in [1.29, 1.82) is 0 Å². The third kappa shape index (κ3) is 4.34. The predicted molar refractivity (Wildman–Crippen MR) is 90.8 cm³/mol.